The Kier molecular flexibility index (Phi) is 4.82. The van der Waals surface area contributed by atoms with Crippen molar-refractivity contribution in [3.63, 3.8) is 0 Å². The summed E-state index contributed by atoms with van der Waals surface area (Å²) in [6, 6.07) is 21.4. The summed E-state index contributed by atoms with van der Waals surface area (Å²) in [7, 11) is 0. The van der Waals surface area contributed by atoms with Gasteiger partial charge in [0.1, 0.15) is 5.82 Å². The van der Waals surface area contributed by atoms with E-state index in [-0.39, 0.29) is 11.8 Å². The van der Waals surface area contributed by atoms with Crippen molar-refractivity contribution >= 4 is 29.3 Å². The summed E-state index contributed by atoms with van der Waals surface area (Å²) >= 11 is 1.41. The number of carbonyl (C=O) groups excluding carboxylic acids is 2. The number of amides is 2. The van der Waals surface area contributed by atoms with Crippen LogP contribution in [0.2, 0.25) is 0 Å². The van der Waals surface area contributed by atoms with Crippen LogP contribution in [-0.4, -0.2) is 29.0 Å². The van der Waals surface area contributed by atoms with E-state index >= 15 is 0 Å². The Morgan fingerprint density at radius 3 is 2.55 bits per heavy atom. The maximum Gasteiger partial charge on any atom is 0.268 e. The van der Waals surface area contributed by atoms with E-state index in [4.69, 9.17) is 0 Å². The van der Waals surface area contributed by atoms with Crippen molar-refractivity contribution in [3.8, 4) is 0 Å². The van der Waals surface area contributed by atoms with E-state index in [9.17, 15) is 14.0 Å². The predicted octanol–water partition coefficient (Wildman–Crippen LogP) is 4.72. The van der Waals surface area contributed by atoms with Crippen molar-refractivity contribution in [2.24, 2.45) is 0 Å². The molecule has 3 aromatic rings. The molecule has 4 nitrogen and oxygen atoms in total. The fourth-order valence-electron chi connectivity index (χ4n) is 4.36. The number of carbonyl (C=O) groups is 2. The molecule has 3 aromatic carbocycles. The van der Waals surface area contributed by atoms with Gasteiger partial charge in [0, 0.05) is 23.4 Å². The monoisotopic (exact) mass is 432 g/mol. The van der Waals surface area contributed by atoms with Crippen LogP contribution in [0.15, 0.2) is 72.8 Å². The van der Waals surface area contributed by atoms with Crippen LogP contribution in [-0.2, 0) is 16.2 Å². The van der Waals surface area contributed by atoms with E-state index in [1.807, 2.05) is 37.3 Å². The fourth-order valence-corrected chi connectivity index (χ4v) is 5.81. The Labute approximate surface area is 184 Å². The second-order valence-corrected chi connectivity index (χ2v) is 9.14. The van der Waals surface area contributed by atoms with E-state index in [2.05, 4.69) is 0 Å². The molecule has 0 aliphatic carbocycles. The number of aryl methyl sites for hydroxylation is 1. The third-order valence-electron chi connectivity index (χ3n) is 5.88. The molecule has 156 valence electrons. The summed E-state index contributed by atoms with van der Waals surface area (Å²) in [5.41, 5.74) is 3.85. The molecule has 2 aliphatic heterocycles. The summed E-state index contributed by atoms with van der Waals surface area (Å²) in [5, 5.41) is 0. The van der Waals surface area contributed by atoms with Crippen molar-refractivity contribution in [2.75, 3.05) is 17.2 Å². The van der Waals surface area contributed by atoms with Gasteiger partial charge in [-0.25, -0.2) is 4.39 Å². The van der Waals surface area contributed by atoms with E-state index in [0.29, 0.717) is 35.7 Å². The standard InChI is InChI=1S/C25H21FN2O2S/c1-17-7-9-18(10-8-17)16-27-22-12-11-20(26)15-21(22)25(24(27)30)28(13-14-31-25)23(29)19-5-3-2-4-6-19/h2-12,15H,13-14,16H2,1H3/t25-/m1/s1. The van der Waals surface area contributed by atoms with E-state index in [1.165, 1.54) is 23.9 Å². The summed E-state index contributed by atoms with van der Waals surface area (Å²) in [5.74, 6) is -0.215. The van der Waals surface area contributed by atoms with Crippen LogP contribution in [0.1, 0.15) is 27.0 Å². The molecule has 1 spiro atoms. The number of hydrogen-bond donors (Lipinski definition) is 0. The maximum atomic E-state index is 14.3. The molecular formula is C25H21FN2O2S. The molecule has 1 fully saturated rings. The van der Waals surface area contributed by atoms with Crippen molar-refractivity contribution in [3.05, 3.63) is 101 Å². The van der Waals surface area contributed by atoms with Gasteiger partial charge < -0.3 is 9.80 Å². The SMILES string of the molecule is Cc1ccc(CN2C(=O)[C@]3(SCCN3C(=O)c3ccccc3)c3cc(F)ccc32)cc1. The van der Waals surface area contributed by atoms with Gasteiger partial charge in [0.05, 0.1) is 12.2 Å². The fraction of sp³-hybridized carbons (Fsp3) is 0.200. The van der Waals surface area contributed by atoms with Gasteiger partial charge in [-0.05, 0) is 42.8 Å². The Morgan fingerprint density at radius 1 is 1.06 bits per heavy atom. The average molecular weight is 433 g/mol. The Bertz CT molecular complexity index is 1170. The van der Waals surface area contributed by atoms with Crippen LogP contribution in [0.5, 0.6) is 0 Å². The summed E-state index contributed by atoms with van der Waals surface area (Å²) in [4.78, 5) is 29.4. The lowest BCUT2D eigenvalue weighted by molar-refractivity contribution is -0.123. The summed E-state index contributed by atoms with van der Waals surface area (Å²) < 4.78 is 14.3. The molecule has 0 saturated carbocycles. The van der Waals surface area contributed by atoms with Gasteiger partial charge in [0.25, 0.3) is 11.8 Å². The number of hydrogen-bond acceptors (Lipinski definition) is 3. The van der Waals surface area contributed by atoms with Gasteiger partial charge in [-0.1, -0.05) is 48.0 Å². The van der Waals surface area contributed by atoms with Crippen molar-refractivity contribution in [1.82, 2.24) is 4.90 Å². The molecule has 0 N–H and O–H groups in total. The van der Waals surface area contributed by atoms with Gasteiger partial charge in [-0.2, -0.15) is 0 Å². The number of nitrogens with zero attached hydrogens (tertiary/aromatic N) is 2. The molecular weight excluding hydrogens is 411 g/mol. The minimum Gasteiger partial charge on any atom is -0.311 e. The van der Waals surface area contributed by atoms with Gasteiger partial charge in [0.15, 0.2) is 4.87 Å². The Morgan fingerprint density at radius 2 is 1.81 bits per heavy atom. The normalized spacial score (nSPS) is 19.9. The van der Waals surface area contributed by atoms with E-state index in [1.54, 1.807) is 40.1 Å². The zero-order valence-corrected chi connectivity index (χ0v) is 17.9. The molecule has 0 bridgehead atoms. The summed E-state index contributed by atoms with van der Waals surface area (Å²) in [6.07, 6.45) is 0. The second kappa shape index (κ2) is 7.54. The van der Waals surface area contributed by atoms with Gasteiger partial charge in [-0.15, -0.1) is 11.8 Å². The first-order valence-corrected chi connectivity index (χ1v) is 11.2. The molecule has 6 heteroatoms. The quantitative estimate of drug-likeness (QED) is 0.601. The number of fused-ring (bicyclic) bond motifs is 2. The van der Waals surface area contributed by atoms with Gasteiger partial charge >= 0.3 is 0 Å². The Balaban J connectivity index is 1.60. The largest absolute Gasteiger partial charge is 0.311 e. The third kappa shape index (κ3) is 3.13. The topological polar surface area (TPSA) is 40.6 Å². The lowest BCUT2D eigenvalue weighted by atomic mass is 10.0. The highest BCUT2D eigenvalue weighted by Gasteiger charge is 2.59. The predicted molar refractivity (Wildman–Crippen MR) is 120 cm³/mol. The highest BCUT2D eigenvalue weighted by Crippen LogP contribution is 2.54. The first kappa shape index (κ1) is 19.8. The van der Waals surface area contributed by atoms with Crippen LogP contribution >= 0.6 is 11.8 Å². The van der Waals surface area contributed by atoms with Crippen molar-refractivity contribution in [2.45, 2.75) is 18.3 Å². The van der Waals surface area contributed by atoms with Crippen LogP contribution in [0.25, 0.3) is 0 Å². The molecule has 1 atom stereocenters. The number of rotatable bonds is 3. The van der Waals surface area contributed by atoms with Crippen LogP contribution in [0.3, 0.4) is 0 Å². The lowest BCUT2D eigenvalue weighted by Crippen LogP contribution is -2.50. The smallest absolute Gasteiger partial charge is 0.268 e. The van der Waals surface area contributed by atoms with Crippen LogP contribution < -0.4 is 4.90 Å². The minimum atomic E-state index is -1.24. The number of halogens is 1. The molecule has 5 rings (SSSR count). The number of benzene rings is 3. The molecule has 31 heavy (non-hydrogen) atoms. The highest BCUT2D eigenvalue weighted by molar-refractivity contribution is 8.01. The molecule has 1 saturated heterocycles. The third-order valence-corrected chi connectivity index (χ3v) is 7.30. The molecule has 0 radical (unpaired) electrons. The molecule has 0 unspecified atom stereocenters. The molecule has 2 amide bonds. The van der Waals surface area contributed by atoms with Crippen molar-refractivity contribution in [1.29, 1.82) is 0 Å². The molecule has 2 heterocycles. The lowest BCUT2D eigenvalue weighted by Gasteiger charge is -2.33. The van der Waals surface area contributed by atoms with Gasteiger partial charge in [0.2, 0.25) is 0 Å². The van der Waals surface area contributed by atoms with E-state index < -0.39 is 10.7 Å². The highest BCUT2D eigenvalue weighted by atomic mass is 32.2. The maximum absolute atomic E-state index is 14.3. The van der Waals surface area contributed by atoms with Gasteiger partial charge in [-0.3, -0.25) is 9.59 Å². The minimum absolute atomic E-state index is 0.194. The summed E-state index contributed by atoms with van der Waals surface area (Å²) in [6.45, 7) is 2.81. The second-order valence-electron chi connectivity index (χ2n) is 7.85. The molecule has 2 aliphatic rings. The van der Waals surface area contributed by atoms with Crippen molar-refractivity contribution < 1.29 is 14.0 Å². The van der Waals surface area contributed by atoms with E-state index in [0.717, 1.165) is 11.1 Å². The first-order valence-electron chi connectivity index (χ1n) is 10.2. The zero-order chi connectivity index (χ0) is 21.6. The zero-order valence-electron chi connectivity index (χ0n) is 17.0. The Hall–Kier alpha value is -3.12. The average Bonchev–Trinajstić information content (AvgIpc) is 3.32. The number of anilines is 1. The first-order chi connectivity index (χ1) is 15.0. The van der Waals surface area contributed by atoms with Crippen LogP contribution in [0.4, 0.5) is 10.1 Å². The molecule has 0 aromatic heterocycles. The number of thioether (sulfide) groups is 1. The van der Waals surface area contributed by atoms with Crippen LogP contribution in [0, 0.1) is 12.7 Å².